The van der Waals surface area contributed by atoms with Crippen LogP contribution in [0.25, 0.3) is 10.8 Å². The number of halogens is 3. The first kappa shape index (κ1) is 18.3. The van der Waals surface area contributed by atoms with Crippen LogP contribution in [0.2, 0.25) is 0 Å². The van der Waals surface area contributed by atoms with Gasteiger partial charge in [-0.25, -0.2) is 0 Å². The Hall–Kier alpha value is -1.49. The second-order valence-corrected chi connectivity index (χ2v) is 8.86. The van der Waals surface area contributed by atoms with Gasteiger partial charge in [0.2, 0.25) is 3.79 Å². The lowest BCUT2D eigenvalue weighted by molar-refractivity contribution is -0.167. The maximum absolute atomic E-state index is 12.8. The van der Waals surface area contributed by atoms with Crippen molar-refractivity contribution in [2.45, 2.75) is 35.6 Å². The minimum absolute atomic E-state index is 0.356. The van der Waals surface area contributed by atoms with Crippen molar-refractivity contribution in [3.8, 4) is 5.75 Å². The molecule has 7 heteroatoms. The zero-order valence-corrected chi connectivity index (χ0v) is 16.0. The second kappa shape index (κ2) is 5.76. The van der Waals surface area contributed by atoms with E-state index in [0.29, 0.717) is 11.3 Å². The van der Waals surface area contributed by atoms with Crippen molar-refractivity contribution in [1.82, 2.24) is 0 Å². The monoisotopic (exact) mass is 400 g/mol. The van der Waals surface area contributed by atoms with Crippen molar-refractivity contribution in [3.63, 3.8) is 0 Å². The van der Waals surface area contributed by atoms with Gasteiger partial charge in [-0.05, 0) is 26.2 Å². The lowest BCUT2D eigenvalue weighted by Gasteiger charge is -2.34. The molecule has 1 heterocycles. The van der Waals surface area contributed by atoms with Crippen molar-refractivity contribution >= 4 is 57.5 Å². The maximum atomic E-state index is 12.8. The van der Waals surface area contributed by atoms with Crippen LogP contribution in [-0.2, 0) is 19.7 Å². The van der Waals surface area contributed by atoms with Crippen LogP contribution in [-0.4, -0.2) is 21.3 Å². The van der Waals surface area contributed by atoms with E-state index in [0.717, 1.165) is 10.8 Å². The van der Waals surface area contributed by atoms with E-state index in [1.54, 1.807) is 6.07 Å². The van der Waals surface area contributed by atoms with E-state index in [1.165, 1.54) is 20.8 Å². The zero-order chi connectivity index (χ0) is 18.6. The molecule has 4 nitrogen and oxygen atoms in total. The second-order valence-electron chi connectivity index (χ2n) is 6.58. The normalized spacial score (nSPS) is 20.3. The van der Waals surface area contributed by atoms with Crippen LogP contribution in [0.4, 0.5) is 0 Å². The van der Waals surface area contributed by atoms with Crippen LogP contribution in [0.3, 0.4) is 0 Å². The van der Waals surface area contributed by atoms with Crippen molar-refractivity contribution in [3.05, 3.63) is 42.0 Å². The molecular weight excluding hydrogens is 387 g/mol. The standard InChI is InChI=1S/C18H15Cl3O4/c1-16(2,18(19,20)21)25-15(23)17(3)12-9-8-10-6-4-5-7-11(10)13(12)24-14(17)22/h4-9H,1-3H3/t17-/m0/s1. The van der Waals surface area contributed by atoms with Gasteiger partial charge in [0, 0.05) is 10.9 Å². The van der Waals surface area contributed by atoms with E-state index in [9.17, 15) is 9.59 Å². The summed E-state index contributed by atoms with van der Waals surface area (Å²) in [4.78, 5) is 25.4. The number of carbonyl (C=O) groups excluding carboxylic acids is 2. The summed E-state index contributed by atoms with van der Waals surface area (Å²) in [7, 11) is 0. The Balaban J connectivity index is 2.08. The Morgan fingerprint density at radius 3 is 2.40 bits per heavy atom. The summed E-state index contributed by atoms with van der Waals surface area (Å²) in [6, 6.07) is 10.9. The number of hydrogen-bond donors (Lipinski definition) is 0. The van der Waals surface area contributed by atoms with Crippen LogP contribution in [0.5, 0.6) is 5.75 Å². The molecule has 0 bridgehead atoms. The first-order valence-corrected chi connectivity index (χ1v) is 8.66. The molecule has 132 valence electrons. The maximum Gasteiger partial charge on any atom is 0.333 e. The quantitative estimate of drug-likeness (QED) is 0.316. The highest BCUT2D eigenvalue weighted by Crippen LogP contribution is 2.47. The van der Waals surface area contributed by atoms with Gasteiger partial charge in [-0.3, -0.25) is 9.59 Å². The number of esters is 2. The summed E-state index contributed by atoms with van der Waals surface area (Å²) < 4.78 is 8.96. The average molecular weight is 402 g/mol. The lowest BCUT2D eigenvalue weighted by Crippen LogP contribution is -2.48. The fourth-order valence-electron chi connectivity index (χ4n) is 2.64. The molecule has 0 aromatic heterocycles. The minimum atomic E-state index is -1.85. The number of rotatable bonds is 2. The van der Waals surface area contributed by atoms with Gasteiger partial charge in [0.25, 0.3) is 0 Å². The van der Waals surface area contributed by atoms with Gasteiger partial charge >= 0.3 is 11.9 Å². The van der Waals surface area contributed by atoms with Crippen LogP contribution in [0.15, 0.2) is 36.4 Å². The largest absolute Gasteiger partial charge is 0.454 e. The summed E-state index contributed by atoms with van der Waals surface area (Å²) in [5.41, 5.74) is -2.63. The molecule has 0 saturated heterocycles. The lowest BCUT2D eigenvalue weighted by atomic mass is 9.83. The number of fused-ring (bicyclic) bond motifs is 3. The molecule has 0 N–H and O–H groups in total. The highest BCUT2D eigenvalue weighted by atomic mass is 35.6. The van der Waals surface area contributed by atoms with Crippen molar-refractivity contribution in [2.75, 3.05) is 0 Å². The highest BCUT2D eigenvalue weighted by Gasteiger charge is 2.56. The van der Waals surface area contributed by atoms with Gasteiger partial charge in [-0.1, -0.05) is 71.2 Å². The van der Waals surface area contributed by atoms with Gasteiger partial charge in [0.05, 0.1) is 0 Å². The van der Waals surface area contributed by atoms with E-state index in [2.05, 4.69) is 0 Å². The van der Waals surface area contributed by atoms with E-state index >= 15 is 0 Å². The van der Waals surface area contributed by atoms with Gasteiger partial charge in [0.15, 0.2) is 11.0 Å². The van der Waals surface area contributed by atoms with Crippen LogP contribution < -0.4 is 4.74 Å². The fourth-order valence-corrected chi connectivity index (χ4v) is 2.75. The molecule has 25 heavy (non-hydrogen) atoms. The summed E-state index contributed by atoms with van der Waals surface area (Å²) in [6.07, 6.45) is 0. The van der Waals surface area contributed by atoms with Crippen molar-refractivity contribution < 1.29 is 19.1 Å². The predicted molar refractivity (Wildman–Crippen MR) is 97.4 cm³/mol. The molecule has 0 fully saturated rings. The van der Waals surface area contributed by atoms with E-state index in [-0.39, 0.29) is 0 Å². The number of hydrogen-bond acceptors (Lipinski definition) is 4. The minimum Gasteiger partial charge on any atom is -0.454 e. The Bertz CT molecular complexity index is 886. The Labute approximate surface area is 159 Å². The number of alkyl halides is 3. The molecular formula is C18H15Cl3O4. The summed E-state index contributed by atoms with van der Waals surface area (Å²) in [5, 5.41) is 1.64. The number of carbonyl (C=O) groups is 2. The molecule has 2 aromatic carbocycles. The third kappa shape index (κ3) is 2.77. The molecule has 0 unspecified atom stereocenters. The molecule has 3 rings (SSSR count). The van der Waals surface area contributed by atoms with Crippen LogP contribution in [0.1, 0.15) is 26.3 Å². The number of benzene rings is 2. The fraction of sp³-hybridized carbons (Fsp3) is 0.333. The van der Waals surface area contributed by atoms with E-state index in [4.69, 9.17) is 44.3 Å². The van der Waals surface area contributed by atoms with E-state index in [1.807, 2.05) is 30.3 Å². The molecule has 1 aliphatic rings. The molecule has 0 saturated carbocycles. The summed E-state index contributed by atoms with van der Waals surface area (Å²) in [6.45, 7) is 4.37. The summed E-state index contributed by atoms with van der Waals surface area (Å²) in [5.74, 6) is -1.19. The first-order valence-electron chi connectivity index (χ1n) is 7.53. The Morgan fingerprint density at radius 1 is 1.12 bits per heavy atom. The van der Waals surface area contributed by atoms with Crippen molar-refractivity contribution in [2.24, 2.45) is 0 Å². The Kier molecular flexibility index (Phi) is 4.22. The first-order chi connectivity index (χ1) is 11.5. The summed E-state index contributed by atoms with van der Waals surface area (Å²) >= 11 is 17.6. The molecule has 1 aliphatic heterocycles. The average Bonchev–Trinajstić information content (AvgIpc) is 2.79. The highest BCUT2D eigenvalue weighted by molar-refractivity contribution is 6.68. The molecule has 0 spiro atoms. The molecule has 1 atom stereocenters. The molecule has 0 aliphatic carbocycles. The topological polar surface area (TPSA) is 52.6 Å². The predicted octanol–water partition coefficient (Wildman–Crippen LogP) is 4.71. The van der Waals surface area contributed by atoms with Gasteiger partial charge in [0.1, 0.15) is 5.75 Å². The van der Waals surface area contributed by atoms with Gasteiger partial charge < -0.3 is 9.47 Å². The molecule has 0 radical (unpaired) electrons. The van der Waals surface area contributed by atoms with Crippen LogP contribution >= 0.6 is 34.8 Å². The van der Waals surface area contributed by atoms with Gasteiger partial charge in [-0.15, -0.1) is 0 Å². The van der Waals surface area contributed by atoms with E-state index < -0.39 is 26.7 Å². The van der Waals surface area contributed by atoms with Crippen molar-refractivity contribution in [1.29, 1.82) is 0 Å². The third-order valence-corrected chi connectivity index (χ3v) is 5.83. The van der Waals surface area contributed by atoms with Gasteiger partial charge in [-0.2, -0.15) is 0 Å². The molecule has 0 amide bonds. The number of ether oxygens (including phenoxy) is 2. The SMILES string of the molecule is CC(C)(OC(=O)[C@]1(C)C(=O)Oc2c1ccc1ccccc21)C(Cl)(Cl)Cl. The Morgan fingerprint density at radius 2 is 1.76 bits per heavy atom. The molecule has 2 aromatic rings. The smallest absolute Gasteiger partial charge is 0.333 e. The third-order valence-electron chi connectivity index (χ3n) is 4.46. The zero-order valence-electron chi connectivity index (χ0n) is 13.7. The van der Waals surface area contributed by atoms with Crippen LogP contribution in [0, 0.1) is 0 Å².